The van der Waals surface area contributed by atoms with Gasteiger partial charge in [0.2, 0.25) is 5.91 Å². The molecule has 1 aliphatic carbocycles. The molecule has 1 aliphatic heterocycles. The number of carbonyl (C=O) groups excluding carboxylic acids is 1. The minimum atomic E-state index is 0.182. The maximum Gasteiger partial charge on any atom is 0.219 e. The van der Waals surface area contributed by atoms with Gasteiger partial charge in [0.15, 0.2) is 0 Å². The number of rotatable bonds is 4. The van der Waals surface area contributed by atoms with Crippen molar-refractivity contribution in [2.45, 2.75) is 20.8 Å². The number of allylic oxidation sites excluding steroid dienone is 3. The molecule has 2 atom stereocenters. The molecular formula is C16H26N2O2. The average Bonchev–Trinajstić information content (AvgIpc) is 2.43. The van der Waals surface area contributed by atoms with E-state index in [2.05, 4.69) is 37.0 Å². The third kappa shape index (κ3) is 4.10. The van der Waals surface area contributed by atoms with Crippen molar-refractivity contribution in [2.75, 3.05) is 39.3 Å². The predicted octanol–water partition coefficient (Wildman–Crippen LogP) is 1.89. The second-order valence-corrected chi connectivity index (χ2v) is 5.84. The van der Waals surface area contributed by atoms with Gasteiger partial charge < -0.3 is 9.64 Å². The largest absolute Gasteiger partial charge is 0.493 e. The van der Waals surface area contributed by atoms with Crippen molar-refractivity contribution in [3.8, 4) is 0 Å². The lowest BCUT2D eigenvalue weighted by Crippen LogP contribution is -2.48. The van der Waals surface area contributed by atoms with Crippen LogP contribution >= 0.6 is 0 Å². The van der Waals surface area contributed by atoms with Crippen LogP contribution in [0.5, 0.6) is 0 Å². The Labute approximate surface area is 122 Å². The van der Waals surface area contributed by atoms with Gasteiger partial charge in [0.25, 0.3) is 0 Å². The summed E-state index contributed by atoms with van der Waals surface area (Å²) < 4.78 is 5.83. The molecule has 0 aromatic carbocycles. The zero-order valence-electron chi connectivity index (χ0n) is 12.8. The van der Waals surface area contributed by atoms with Gasteiger partial charge in [-0.25, -0.2) is 0 Å². The van der Waals surface area contributed by atoms with E-state index >= 15 is 0 Å². The standard InChI is InChI=1S/C16H26N2O2/c1-13-4-5-16(12-14(13)2)20-11-10-17-6-8-18(9-7-17)15(3)19/h4-5,12-14H,6-11H2,1-3H3/t13-,14+/m0/s1. The Morgan fingerprint density at radius 1 is 1.25 bits per heavy atom. The molecule has 4 nitrogen and oxygen atoms in total. The van der Waals surface area contributed by atoms with Crippen LogP contribution in [-0.4, -0.2) is 55.0 Å². The molecule has 112 valence electrons. The van der Waals surface area contributed by atoms with Crippen molar-refractivity contribution in [3.63, 3.8) is 0 Å². The Balaban J connectivity index is 1.66. The first-order valence-electron chi connectivity index (χ1n) is 7.57. The molecular weight excluding hydrogens is 252 g/mol. The van der Waals surface area contributed by atoms with Crippen molar-refractivity contribution in [1.82, 2.24) is 9.80 Å². The van der Waals surface area contributed by atoms with Gasteiger partial charge in [-0.15, -0.1) is 0 Å². The van der Waals surface area contributed by atoms with E-state index in [-0.39, 0.29) is 5.91 Å². The van der Waals surface area contributed by atoms with E-state index in [4.69, 9.17) is 4.74 Å². The van der Waals surface area contributed by atoms with Crippen LogP contribution in [0.2, 0.25) is 0 Å². The fraction of sp³-hybridized carbons (Fsp3) is 0.688. The van der Waals surface area contributed by atoms with Crippen LogP contribution in [0, 0.1) is 11.8 Å². The molecule has 1 heterocycles. The first kappa shape index (κ1) is 15.1. The van der Waals surface area contributed by atoms with Crippen LogP contribution < -0.4 is 0 Å². The van der Waals surface area contributed by atoms with Crippen LogP contribution in [0.4, 0.5) is 0 Å². The van der Waals surface area contributed by atoms with Crippen molar-refractivity contribution < 1.29 is 9.53 Å². The number of hydrogen-bond donors (Lipinski definition) is 0. The normalized spacial score (nSPS) is 27.4. The molecule has 0 unspecified atom stereocenters. The maximum atomic E-state index is 11.3. The van der Waals surface area contributed by atoms with E-state index in [1.54, 1.807) is 6.92 Å². The highest BCUT2D eigenvalue weighted by molar-refractivity contribution is 5.73. The van der Waals surface area contributed by atoms with E-state index in [1.807, 2.05) is 4.90 Å². The average molecular weight is 278 g/mol. The van der Waals surface area contributed by atoms with Gasteiger partial charge in [-0.2, -0.15) is 0 Å². The van der Waals surface area contributed by atoms with Gasteiger partial charge >= 0.3 is 0 Å². The maximum absolute atomic E-state index is 11.3. The summed E-state index contributed by atoms with van der Waals surface area (Å²) >= 11 is 0. The fourth-order valence-electron chi connectivity index (χ4n) is 2.56. The van der Waals surface area contributed by atoms with E-state index in [0.717, 1.165) is 45.1 Å². The molecule has 0 radical (unpaired) electrons. The first-order valence-corrected chi connectivity index (χ1v) is 7.57. The van der Waals surface area contributed by atoms with Crippen molar-refractivity contribution in [3.05, 3.63) is 24.0 Å². The molecule has 2 rings (SSSR count). The highest BCUT2D eigenvalue weighted by Crippen LogP contribution is 2.22. The van der Waals surface area contributed by atoms with Gasteiger partial charge in [-0.3, -0.25) is 9.69 Å². The summed E-state index contributed by atoms with van der Waals surface area (Å²) in [6, 6.07) is 0. The SMILES string of the molecule is CC(=O)N1CCN(CCOC2=C[C@@H](C)[C@@H](C)C=C2)CC1. The Morgan fingerprint density at radius 3 is 2.55 bits per heavy atom. The summed E-state index contributed by atoms with van der Waals surface area (Å²) in [5.41, 5.74) is 0. The molecule has 20 heavy (non-hydrogen) atoms. The first-order chi connectivity index (χ1) is 9.56. The van der Waals surface area contributed by atoms with Crippen LogP contribution in [0.3, 0.4) is 0 Å². The minimum absolute atomic E-state index is 0.182. The highest BCUT2D eigenvalue weighted by atomic mass is 16.5. The minimum Gasteiger partial charge on any atom is -0.493 e. The molecule has 1 fully saturated rings. The third-order valence-electron chi connectivity index (χ3n) is 4.31. The van der Waals surface area contributed by atoms with Crippen LogP contribution in [0.1, 0.15) is 20.8 Å². The number of piperazine rings is 1. The zero-order chi connectivity index (χ0) is 14.5. The van der Waals surface area contributed by atoms with E-state index in [9.17, 15) is 4.79 Å². The molecule has 2 aliphatic rings. The molecule has 0 N–H and O–H groups in total. The van der Waals surface area contributed by atoms with E-state index < -0.39 is 0 Å². The van der Waals surface area contributed by atoms with Crippen molar-refractivity contribution in [2.24, 2.45) is 11.8 Å². The van der Waals surface area contributed by atoms with Crippen LogP contribution in [-0.2, 0) is 9.53 Å². The number of carbonyl (C=O) groups is 1. The molecule has 4 heteroatoms. The summed E-state index contributed by atoms with van der Waals surface area (Å²) in [5.74, 6) is 2.33. The molecule has 0 saturated carbocycles. The third-order valence-corrected chi connectivity index (χ3v) is 4.31. The lowest BCUT2D eigenvalue weighted by molar-refractivity contribution is -0.130. The lowest BCUT2D eigenvalue weighted by atomic mass is 9.91. The van der Waals surface area contributed by atoms with E-state index in [0.29, 0.717) is 11.8 Å². The summed E-state index contributed by atoms with van der Waals surface area (Å²) in [7, 11) is 0. The fourth-order valence-corrected chi connectivity index (χ4v) is 2.56. The zero-order valence-corrected chi connectivity index (χ0v) is 12.8. The van der Waals surface area contributed by atoms with Gasteiger partial charge in [0.05, 0.1) is 0 Å². The summed E-state index contributed by atoms with van der Waals surface area (Å²) in [6.07, 6.45) is 6.50. The van der Waals surface area contributed by atoms with Crippen LogP contribution in [0.25, 0.3) is 0 Å². The summed E-state index contributed by atoms with van der Waals surface area (Å²) in [5, 5.41) is 0. The topological polar surface area (TPSA) is 32.8 Å². The van der Waals surface area contributed by atoms with Gasteiger partial charge in [-0.1, -0.05) is 19.9 Å². The second kappa shape index (κ2) is 6.93. The highest BCUT2D eigenvalue weighted by Gasteiger charge is 2.18. The summed E-state index contributed by atoms with van der Waals surface area (Å²) in [4.78, 5) is 15.5. The Kier molecular flexibility index (Phi) is 5.24. The number of nitrogens with zero attached hydrogens (tertiary/aromatic N) is 2. The molecule has 0 spiro atoms. The smallest absolute Gasteiger partial charge is 0.219 e. The van der Waals surface area contributed by atoms with Crippen molar-refractivity contribution >= 4 is 5.91 Å². The number of ether oxygens (including phenoxy) is 1. The van der Waals surface area contributed by atoms with E-state index in [1.165, 1.54) is 0 Å². The molecule has 0 aromatic rings. The number of amides is 1. The number of hydrogen-bond acceptors (Lipinski definition) is 3. The van der Waals surface area contributed by atoms with Gasteiger partial charge in [-0.05, 0) is 24.0 Å². The van der Waals surface area contributed by atoms with Crippen LogP contribution in [0.15, 0.2) is 24.0 Å². The predicted molar refractivity (Wildman–Crippen MR) is 80.2 cm³/mol. The monoisotopic (exact) mass is 278 g/mol. The summed E-state index contributed by atoms with van der Waals surface area (Å²) in [6.45, 7) is 11.3. The lowest BCUT2D eigenvalue weighted by Gasteiger charge is -2.34. The molecule has 0 aromatic heterocycles. The molecule has 0 bridgehead atoms. The Bertz CT molecular complexity index is 395. The molecule has 1 saturated heterocycles. The van der Waals surface area contributed by atoms with Crippen molar-refractivity contribution in [1.29, 1.82) is 0 Å². The Morgan fingerprint density at radius 2 is 1.95 bits per heavy atom. The Hall–Kier alpha value is -1.29. The van der Waals surface area contributed by atoms with Gasteiger partial charge in [0, 0.05) is 39.6 Å². The molecule has 1 amide bonds. The van der Waals surface area contributed by atoms with Gasteiger partial charge in [0.1, 0.15) is 12.4 Å². The second-order valence-electron chi connectivity index (χ2n) is 5.84. The quantitative estimate of drug-likeness (QED) is 0.787.